The molecule has 120 valence electrons. The van der Waals surface area contributed by atoms with Gasteiger partial charge in [0, 0.05) is 51.6 Å². The average molecular weight is 316 g/mol. The van der Waals surface area contributed by atoms with Gasteiger partial charge in [0.1, 0.15) is 0 Å². The largest absolute Gasteiger partial charge is 0.347 e. The van der Waals surface area contributed by atoms with E-state index in [4.69, 9.17) is 28.5 Å². The average Bonchev–Trinajstić information content (AvgIpc) is 2.74. The Bertz CT molecular complexity index is 927. The van der Waals surface area contributed by atoms with Crippen molar-refractivity contribution in [1.29, 1.82) is 0 Å². The van der Waals surface area contributed by atoms with Gasteiger partial charge in [-0.1, -0.05) is 18.2 Å². The Morgan fingerprint density at radius 2 is 1.59 bits per heavy atom. The molecule has 4 rings (SSSR count). The SMILES string of the molecule is [2H]C1=C([2H])[C@]2([2H])[C@@]3([2H])C(=O)C(OC)(OC)[C@]([2H])(C([2H])=C3[2H])[C@]2([2H])C(OC)(OC)C1=O. The van der Waals surface area contributed by atoms with Crippen LogP contribution in [0.5, 0.6) is 0 Å². The van der Waals surface area contributed by atoms with Crippen molar-refractivity contribution in [3.63, 3.8) is 0 Å². The van der Waals surface area contributed by atoms with Crippen LogP contribution in [-0.2, 0) is 28.5 Å². The summed E-state index contributed by atoms with van der Waals surface area (Å²) < 4.78 is 89.7. The maximum Gasteiger partial charge on any atom is 0.236 e. The quantitative estimate of drug-likeness (QED) is 0.562. The molecule has 0 saturated heterocycles. The highest BCUT2D eigenvalue weighted by atomic mass is 16.7. The molecule has 4 atom stereocenters. The predicted molar refractivity (Wildman–Crippen MR) is 75.8 cm³/mol. The lowest BCUT2D eigenvalue weighted by Gasteiger charge is -2.56. The summed E-state index contributed by atoms with van der Waals surface area (Å²) in [6.45, 7) is 0. The van der Waals surface area contributed by atoms with E-state index in [2.05, 4.69) is 0 Å². The fraction of sp³-hybridized carbons (Fsp3) is 0.625. The molecule has 4 aliphatic carbocycles. The van der Waals surface area contributed by atoms with Gasteiger partial charge in [-0.25, -0.2) is 0 Å². The van der Waals surface area contributed by atoms with E-state index in [0.717, 1.165) is 28.4 Å². The van der Waals surface area contributed by atoms with Crippen LogP contribution >= 0.6 is 0 Å². The third-order valence-electron chi connectivity index (χ3n) is 4.00. The van der Waals surface area contributed by atoms with Crippen molar-refractivity contribution in [1.82, 2.24) is 0 Å². The lowest BCUT2D eigenvalue weighted by atomic mass is 9.54. The molecular weight excluding hydrogens is 288 g/mol. The van der Waals surface area contributed by atoms with Gasteiger partial charge in [0.05, 0.1) is 5.48 Å². The second kappa shape index (κ2) is 5.09. The molecule has 0 aliphatic heterocycles. The molecule has 0 aromatic heterocycles. The number of rotatable bonds is 4. The topological polar surface area (TPSA) is 71.1 Å². The zero-order chi connectivity index (χ0) is 23.3. The van der Waals surface area contributed by atoms with Gasteiger partial charge < -0.3 is 18.9 Å². The number of fused-ring (bicyclic) bond motifs is 1. The number of hydrogen-bond acceptors (Lipinski definition) is 6. The normalized spacial score (nSPS) is 57.8. The molecule has 1 fully saturated rings. The molecule has 22 heavy (non-hydrogen) atoms. The summed E-state index contributed by atoms with van der Waals surface area (Å²) in [7, 11) is 3.60. The number of ether oxygens (including phenoxy) is 4. The van der Waals surface area contributed by atoms with E-state index in [1.807, 2.05) is 0 Å². The van der Waals surface area contributed by atoms with E-state index in [-0.39, 0.29) is 0 Å². The smallest absolute Gasteiger partial charge is 0.236 e. The molecule has 4 aliphatic rings. The summed E-state index contributed by atoms with van der Waals surface area (Å²) in [4.78, 5) is 26.5. The number of carbonyl (C=O) groups excluding carboxylic acids is 2. The van der Waals surface area contributed by atoms with Gasteiger partial charge in [0.15, 0.2) is 5.78 Å². The Morgan fingerprint density at radius 1 is 1.00 bits per heavy atom. The number of allylic oxidation sites excluding steroid dienone is 2. The van der Waals surface area contributed by atoms with Crippen molar-refractivity contribution < 1.29 is 39.5 Å². The second-order valence-electron chi connectivity index (χ2n) is 4.71. The van der Waals surface area contributed by atoms with Crippen molar-refractivity contribution in [2.24, 2.45) is 23.6 Å². The molecule has 6 heteroatoms. The minimum absolute atomic E-state index is 0.890. The maximum atomic E-state index is 13.4. The summed E-state index contributed by atoms with van der Waals surface area (Å²) in [5, 5.41) is 0. The first-order valence-electron chi connectivity index (χ1n) is 10.4. The van der Waals surface area contributed by atoms with Gasteiger partial charge in [-0.15, -0.1) is 0 Å². The predicted octanol–water partition coefficient (Wildman–Crippen LogP) is 0.721. The maximum absolute atomic E-state index is 13.4. The van der Waals surface area contributed by atoms with E-state index in [1.165, 1.54) is 0 Å². The van der Waals surface area contributed by atoms with Gasteiger partial charge in [-0.2, -0.15) is 0 Å². The molecule has 0 spiro atoms. The molecule has 0 aromatic rings. The van der Waals surface area contributed by atoms with Crippen LogP contribution in [0, 0.1) is 23.6 Å². The fourth-order valence-electron chi connectivity index (χ4n) is 2.91. The van der Waals surface area contributed by atoms with E-state index in [1.54, 1.807) is 0 Å². The molecule has 1 saturated carbocycles. The highest BCUT2D eigenvalue weighted by Gasteiger charge is 2.68. The standard InChI is InChI=1S/C16H20O6/c1-19-15(20-2)11-7-5-10(14(15)18)9-6-8-12(17)16(21-3,22-4)13(9)11/h5-11,13H,1-4H3/t9-,10+,11-,13-/m1/s1/i5D,6D,7D,8D,9D,10D,11D,13D. The number of ketones is 2. The van der Waals surface area contributed by atoms with Crippen LogP contribution in [0.3, 0.4) is 0 Å². The van der Waals surface area contributed by atoms with E-state index in [0.29, 0.717) is 0 Å². The highest BCUT2D eigenvalue weighted by Crippen LogP contribution is 2.56. The van der Waals surface area contributed by atoms with Crippen LogP contribution in [-0.4, -0.2) is 51.6 Å². The number of carbonyl (C=O) groups is 2. The zero-order valence-corrected chi connectivity index (χ0v) is 12.4. The second-order valence-corrected chi connectivity index (χ2v) is 4.71. The zero-order valence-electron chi connectivity index (χ0n) is 20.4. The lowest BCUT2D eigenvalue weighted by Crippen LogP contribution is -2.69. The van der Waals surface area contributed by atoms with Crippen LogP contribution < -0.4 is 0 Å². The van der Waals surface area contributed by atoms with Crippen LogP contribution in [0.4, 0.5) is 0 Å². The molecule has 0 radical (unpaired) electrons. The Balaban J connectivity index is 2.73. The minimum Gasteiger partial charge on any atom is -0.347 e. The molecular formula is C16H20O6. The van der Waals surface area contributed by atoms with Gasteiger partial charge in [0.25, 0.3) is 0 Å². The number of methoxy groups -OCH3 is 4. The van der Waals surface area contributed by atoms with Gasteiger partial charge in [-0.3, -0.25) is 9.59 Å². The first-order chi connectivity index (χ1) is 13.7. The molecule has 6 nitrogen and oxygen atoms in total. The van der Waals surface area contributed by atoms with Gasteiger partial charge >= 0.3 is 0 Å². The molecule has 0 N–H and O–H groups in total. The molecule has 0 heterocycles. The first-order valence-corrected chi connectivity index (χ1v) is 6.36. The highest BCUT2D eigenvalue weighted by molar-refractivity contribution is 6.00. The first kappa shape index (κ1) is 8.49. The third kappa shape index (κ3) is 1.58. The summed E-state index contributed by atoms with van der Waals surface area (Å²) in [5.74, 6) is -21.7. The molecule has 0 amide bonds. The Kier molecular flexibility index (Phi) is 1.97. The van der Waals surface area contributed by atoms with E-state index < -0.39 is 70.9 Å². The fourth-order valence-corrected chi connectivity index (χ4v) is 2.91. The molecule has 0 unspecified atom stereocenters. The Morgan fingerprint density at radius 3 is 2.14 bits per heavy atom. The Labute approximate surface area is 140 Å². The minimum atomic E-state index is -3.27. The summed E-state index contributed by atoms with van der Waals surface area (Å²) in [6.07, 6.45) is 0. The van der Waals surface area contributed by atoms with Crippen LogP contribution in [0.25, 0.3) is 0 Å². The van der Waals surface area contributed by atoms with Gasteiger partial charge in [-0.05, 0) is 11.9 Å². The van der Waals surface area contributed by atoms with E-state index >= 15 is 0 Å². The van der Waals surface area contributed by atoms with Crippen LogP contribution in [0.1, 0.15) is 11.0 Å². The Hall–Kier alpha value is -1.34. The molecule has 0 aromatic carbocycles. The van der Waals surface area contributed by atoms with Crippen molar-refractivity contribution in [2.45, 2.75) is 11.6 Å². The van der Waals surface area contributed by atoms with Crippen LogP contribution in [0.15, 0.2) is 24.2 Å². The van der Waals surface area contributed by atoms with Crippen molar-refractivity contribution in [2.75, 3.05) is 28.4 Å². The summed E-state index contributed by atoms with van der Waals surface area (Å²) >= 11 is 0. The number of Topliss-reactive ketones (excluding diaryl/α,β-unsaturated/α-hetero) is 1. The van der Waals surface area contributed by atoms with E-state index in [9.17, 15) is 11.0 Å². The van der Waals surface area contributed by atoms with Crippen molar-refractivity contribution in [3.8, 4) is 0 Å². The van der Waals surface area contributed by atoms with Gasteiger partial charge in [0.2, 0.25) is 17.4 Å². The third-order valence-corrected chi connectivity index (χ3v) is 4.00. The van der Waals surface area contributed by atoms with Crippen LogP contribution in [0.2, 0.25) is 0 Å². The summed E-state index contributed by atoms with van der Waals surface area (Å²) in [5.41, 5.74) is 0. The van der Waals surface area contributed by atoms with Crippen molar-refractivity contribution in [3.05, 3.63) is 24.2 Å². The molecule has 2 bridgehead atoms. The lowest BCUT2D eigenvalue weighted by molar-refractivity contribution is -0.295. The summed E-state index contributed by atoms with van der Waals surface area (Å²) in [6, 6.07) is -4.67. The monoisotopic (exact) mass is 316 g/mol. The van der Waals surface area contributed by atoms with Crippen molar-refractivity contribution >= 4 is 11.6 Å². The number of hydrogen-bond donors (Lipinski definition) is 0.